The first kappa shape index (κ1) is 17.6. The Balaban J connectivity index is 0.00000144. The predicted octanol–water partition coefficient (Wildman–Crippen LogP) is 3.06. The maximum atomic E-state index is 10.8. The Labute approximate surface area is 127 Å². The molecule has 0 atom stereocenters. The fraction of sp³-hybridized carbons (Fsp3) is 0.500. The van der Waals surface area contributed by atoms with Crippen LogP contribution in [-0.2, 0) is 41.1 Å². The average molecular weight is 301 g/mol. The predicted molar refractivity (Wildman–Crippen MR) is 74.4 cm³/mol. The van der Waals surface area contributed by atoms with Gasteiger partial charge in [0, 0.05) is 5.91 Å². The van der Waals surface area contributed by atoms with Crippen molar-refractivity contribution >= 4 is 19.4 Å². The summed E-state index contributed by atoms with van der Waals surface area (Å²) in [4.78, 5) is 10.8. The molecule has 0 saturated heterocycles. The van der Waals surface area contributed by atoms with E-state index in [1.807, 2.05) is 0 Å². The summed E-state index contributed by atoms with van der Waals surface area (Å²) in [6, 6.07) is 8.77. The SMILES string of the molecule is CC(=O)[N-]CCC1(c2ccc(C)cc2)CC1.[Cr+2].[SH-]. The molecule has 1 fully saturated rings. The van der Waals surface area contributed by atoms with Crippen molar-refractivity contribution in [3.05, 3.63) is 40.7 Å². The molecular weight excluding hydrogens is 282 g/mol. The molecule has 1 amide bonds. The molecule has 2 rings (SSSR count). The van der Waals surface area contributed by atoms with E-state index in [0.717, 1.165) is 6.42 Å². The number of nitrogens with zero attached hydrogens (tertiary/aromatic N) is 1. The van der Waals surface area contributed by atoms with Gasteiger partial charge >= 0.3 is 17.4 Å². The van der Waals surface area contributed by atoms with Gasteiger partial charge < -0.3 is 23.6 Å². The molecule has 0 N–H and O–H groups in total. The Kier molecular flexibility index (Phi) is 7.06. The number of thiol groups is 1. The molecule has 0 heterocycles. The fourth-order valence-electron chi connectivity index (χ4n) is 2.17. The second-order valence-electron chi connectivity index (χ2n) is 4.80. The normalized spacial score (nSPS) is 15.0. The average Bonchev–Trinajstić information content (AvgIpc) is 2.99. The molecule has 4 heteroatoms. The van der Waals surface area contributed by atoms with E-state index in [-0.39, 0.29) is 36.8 Å². The smallest absolute Gasteiger partial charge is 0.813 e. The van der Waals surface area contributed by atoms with Gasteiger partial charge in [0.1, 0.15) is 0 Å². The molecule has 18 heavy (non-hydrogen) atoms. The first-order chi connectivity index (χ1) is 7.62. The first-order valence-electron chi connectivity index (χ1n) is 5.88. The number of benzene rings is 1. The maximum Gasteiger partial charge on any atom is 2.00 e. The molecule has 1 aliphatic rings. The Bertz CT molecular complexity index is 387. The quantitative estimate of drug-likeness (QED) is 0.632. The number of carbonyl (C=O) groups excluding carboxylic acids is 1. The summed E-state index contributed by atoms with van der Waals surface area (Å²) in [5.41, 5.74) is 3.04. The fourth-order valence-corrected chi connectivity index (χ4v) is 2.17. The van der Waals surface area contributed by atoms with E-state index < -0.39 is 0 Å². The number of aryl methyl sites for hydroxylation is 1. The largest absolute Gasteiger partial charge is 2.00 e. The van der Waals surface area contributed by atoms with Crippen LogP contribution in [-0.4, -0.2) is 12.5 Å². The van der Waals surface area contributed by atoms with Crippen LogP contribution in [0.5, 0.6) is 0 Å². The van der Waals surface area contributed by atoms with Gasteiger partial charge in [0.15, 0.2) is 0 Å². The van der Waals surface area contributed by atoms with E-state index in [4.69, 9.17) is 0 Å². The second-order valence-corrected chi connectivity index (χ2v) is 4.80. The minimum atomic E-state index is -0.0558. The van der Waals surface area contributed by atoms with Crippen molar-refractivity contribution in [2.75, 3.05) is 6.54 Å². The maximum absolute atomic E-state index is 10.8. The van der Waals surface area contributed by atoms with E-state index in [9.17, 15) is 4.79 Å². The standard InChI is InChI=1S/C14H19NO.Cr.H2S/c1-11-3-5-13(6-4-11)14(7-8-14)9-10-15-12(2)16;;/h3-6H,7-10H2,1-2H3,(H,15,16);;1H2/q;+2;/p-2. The van der Waals surface area contributed by atoms with Crippen LogP contribution in [0.3, 0.4) is 0 Å². The van der Waals surface area contributed by atoms with Crippen molar-refractivity contribution in [2.45, 2.75) is 38.5 Å². The van der Waals surface area contributed by atoms with Gasteiger partial charge in [-0.25, -0.2) is 0 Å². The zero-order chi connectivity index (χ0) is 11.6. The van der Waals surface area contributed by atoms with E-state index >= 15 is 0 Å². The third-order valence-corrected chi connectivity index (χ3v) is 3.44. The number of amides is 1. The van der Waals surface area contributed by atoms with Crippen LogP contribution in [0.1, 0.15) is 37.3 Å². The molecular formula is C14H19CrNOS. The van der Waals surface area contributed by atoms with Crippen molar-refractivity contribution in [1.82, 2.24) is 0 Å². The summed E-state index contributed by atoms with van der Waals surface area (Å²) in [7, 11) is 0. The van der Waals surface area contributed by atoms with Crippen molar-refractivity contribution < 1.29 is 22.2 Å². The van der Waals surface area contributed by atoms with Crippen LogP contribution in [0.25, 0.3) is 5.32 Å². The molecule has 1 saturated carbocycles. The Morgan fingerprint density at radius 2 is 1.83 bits per heavy atom. The topological polar surface area (TPSA) is 31.2 Å². The number of hydrogen-bond acceptors (Lipinski definition) is 2. The molecule has 0 aromatic heterocycles. The molecule has 0 spiro atoms. The molecule has 1 aliphatic carbocycles. The van der Waals surface area contributed by atoms with Crippen LogP contribution in [0.4, 0.5) is 0 Å². The van der Waals surface area contributed by atoms with Crippen LogP contribution in [0.2, 0.25) is 0 Å². The second kappa shape index (κ2) is 7.23. The monoisotopic (exact) mass is 301 g/mol. The van der Waals surface area contributed by atoms with Gasteiger partial charge in [-0.05, 0) is 37.7 Å². The summed E-state index contributed by atoms with van der Waals surface area (Å²) in [5, 5.41) is 3.95. The number of hydrogen-bond donors (Lipinski definition) is 0. The first-order valence-corrected chi connectivity index (χ1v) is 5.88. The molecule has 2 nitrogen and oxygen atoms in total. The number of rotatable bonds is 4. The van der Waals surface area contributed by atoms with Gasteiger partial charge in [0.05, 0.1) is 0 Å². The minimum Gasteiger partial charge on any atom is -0.813 e. The van der Waals surface area contributed by atoms with Gasteiger partial charge in [-0.1, -0.05) is 36.2 Å². The van der Waals surface area contributed by atoms with Crippen LogP contribution >= 0.6 is 0 Å². The summed E-state index contributed by atoms with van der Waals surface area (Å²) in [5.74, 6) is -0.0558. The van der Waals surface area contributed by atoms with E-state index in [2.05, 4.69) is 36.5 Å². The number of carbonyl (C=O) groups is 1. The Morgan fingerprint density at radius 3 is 2.28 bits per heavy atom. The zero-order valence-electron chi connectivity index (χ0n) is 10.8. The molecule has 0 bridgehead atoms. The van der Waals surface area contributed by atoms with Crippen LogP contribution in [0, 0.1) is 6.92 Å². The molecule has 0 unspecified atom stereocenters. The third kappa shape index (κ3) is 4.35. The Hall–Kier alpha value is -0.428. The van der Waals surface area contributed by atoms with Gasteiger partial charge in [0.2, 0.25) is 0 Å². The summed E-state index contributed by atoms with van der Waals surface area (Å²) < 4.78 is 0. The molecule has 1 aromatic rings. The van der Waals surface area contributed by atoms with Gasteiger partial charge in [0.25, 0.3) is 0 Å². The van der Waals surface area contributed by atoms with Gasteiger partial charge in [-0.15, -0.1) is 6.54 Å². The van der Waals surface area contributed by atoms with E-state index in [1.165, 1.54) is 30.9 Å². The van der Waals surface area contributed by atoms with Crippen molar-refractivity contribution in [1.29, 1.82) is 0 Å². The van der Waals surface area contributed by atoms with Crippen molar-refractivity contribution in [3.63, 3.8) is 0 Å². The minimum absolute atomic E-state index is 0. The molecule has 1 aromatic carbocycles. The van der Waals surface area contributed by atoms with Gasteiger partial charge in [-0.3, -0.25) is 0 Å². The zero-order valence-corrected chi connectivity index (χ0v) is 13.0. The van der Waals surface area contributed by atoms with Gasteiger partial charge in [-0.2, -0.15) is 0 Å². The third-order valence-electron chi connectivity index (χ3n) is 3.44. The Morgan fingerprint density at radius 1 is 1.28 bits per heavy atom. The molecule has 0 aliphatic heterocycles. The van der Waals surface area contributed by atoms with E-state index in [1.54, 1.807) is 0 Å². The summed E-state index contributed by atoms with van der Waals surface area (Å²) in [6.45, 7) is 4.29. The van der Waals surface area contributed by atoms with Crippen molar-refractivity contribution in [3.8, 4) is 0 Å². The van der Waals surface area contributed by atoms with Crippen LogP contribution in [0.15, 0.2) is 24.3 Å². The van der Waals surface area contributed by atoms with Crippen molar-refractivity contribution in [2.24, 2.45) is 0 Å². The molecule has 0 radical (unpaired) electrons. The van der Waals surface area contributed by atoms with Crippen LogP contribution < -0.4 is 0 Å². The molecule has 98 valence electrons. The summed E-state index contributed by atoms with van der Waals surface area (Å²) >= 11 is 0. The summed E-state index contributed by atoms with van der Waals surface area (Å²) in [6.07, 6.45) is 3.49. The van der Waals surface area contributed by atoms with E-state index in [0.29, 0.717) is 12.0 Å².